The highest BCUT2D eigenvalue weighted by atomic mass is 19.3. The Morgan fingerprint density at radius 2 is 1.42 bits per heavy atom. The van der Waals surface area contributed by atoms with Gasteiger partial charge in [0.2, 0.25) is 5.88 Å². The molecule has 0 saturated carbocycles. The van der Waals surface area contributed by atoms with E-state index in [1.54, 1.807) is 42.6 Å². The first kappa shape index (κ1) is 26.6. The van der Waals surface area contributed by atoms with Crippen LogP contribution in [-0.2, 0) is 13.0 Å². The molecule has 0 bridgehead atoms. The van der Waals surface area contributed by atoms with Crippen molar-refractivity contribution in [1.29, 1.82) is 0 Å². The lowest BCUT2D eigenvalue weighted by Crippen LogP contribution is -2.24. The highest BCUT2D eigenvalue weighted by Crippen LogP contribution is 2.37. The smallest absolute Gasteiger partial charge is 0.387 e. The summed E-state index contributed by atoms with van der Waals surface area (Å²) < 4.78 is 79.7. The van der Waals surface area contributed by atoms with E-state index in [1.807, 2.05) is 0 Å². The molecule has 0 aliphatic rings. The summed E-state index contributed by atoms with van der Waals surface area (Å²) in [4.78, 5) is 4.32. The number of benzene rings is 2. The molecule has 11 heteroatoms. The van der Waals surface area contributed by atoms with Crippen LogP contribution in [0.5, 0.6) is 17.4 Å². The quantitative estimate of drug-likeness (QED) is 0.135. The average molecular weight is 532 g/mol. The third kappa shape index (κ3) is 7.31. The SMILES string of the molecule is [O-][n+]1ccc(CC(c2ccc(OCc3ccc(F)cc3)nc2)c2ccc(OC(F)F)c(OC(F)F)c2)cc1. The molecule has 0 amide bonds. The number of rotatable bonds is 11. The molecular formula is C27H21F5N2O4. The third-order valence-electron chi connectivity index (χ3n) is 5.57. The molecule has 0 aliphatic carbocycles. The van der Waals surface area contributed by atoms with Gasteiger partial charge in [-0.15, -0.1) is 0 Å². The zero-order valence-corrected chi connectivity index (χ0v) is 19.6. The molecule has 198 valence electrons. The molecule has 0 N–H and O–H groups in total. The predicted octanol–water partition coefficient (Wildman–Crippen LogP) is 6.01. The van der Waals surface area contributed by atoms with E-state index in [4.69, 9.17) is 4.74 Å². The fraction of sp³-hybridized carbons (Fsp3) is 0.185. The van der Waals surface area contributed by atoms with E-state index in [2.05, 4.69) is 14.5 Å². The molecule has 6 nitrogen and oxygen atoms in total. The largest absolute Gasteiger partial charge is 0.619 e. The first-order valence-electron chi connectivity index (χ1n) is 11.3. The molecule has 0 saturated heterocycles. The number of pyridine rings is 2. The summed E-state index contributed by atoms with van der Waals surface area (Å²) in [7, 11) is 0. The Hall–Kier alpha value is -4.41. The first-order valence-corrected chi connectivity index (χ1v) is 11.3. The summed E-state index contributed by atoms with van der Waals surface area (Å²) in [5.41, 5.74) is 2.61. The summed E-state index contributed by atoms with van der Waals surface area (Å²) >= 11 is 0. The molecule has 2 aromatic heterocycles. The van der Waals surface area contributed by atoms with E-state index in [0.717, 1.165) is 17.2 Å². The molecule has 0 aliphatic heterocycles. The van der Waals surface area contributed by atoms with Crippen molar-refractivity contribution in [3.8, 4) is 17.4 Å². The highest BCUT2D eigenvalue weighted by Gasteiger charge is 2.21. The van der Waals surface area contributed by atoms with Crippen LogP contribution in [-0.4, -0.2) is 18.2 Å². The number of halogens is 5. The zero-order valence-electron chi connectivity index (χ0n) is 19.6. The Labute approximate surface area is 214 Å². The predicted molar refractivity (Wildman–Crippen MR) is 126 cm³/mol. The summed E-state index contributed by atoms with van der Waals surface area (Å²) in [6.45, 7) is -6.33. The number of hydrogen-bond donors (Lipinski definition) is 0. The van der Waals surface area contributed by atoms with E-state index in [1.165, 1.54) is 36.7 Å². The standard InChI is InChI=1S/C27H21F5N2O4/c28-21-5-1-18(2-6-21)16-36-25-8-4-20(15-33-25)22(13-17-9-11-34(35)12-10-17)19-3-7-23(37-26(29)30)24(14-19)38-27(31)32/h1-12,14-15,22,26-27H,13,16H2. The van der Waals surface area contributed by atoms with E-state index < -0.39 is 30.6 Å². The van der Waals surface area contributed by atoms with Gasteiger partial charge in [0, 0.05) is 30.3 Å². The maximum atomic E-state index is 13.1. The van der Waals surface area contributed by atoms with Crippen LogP contribution in [0.1, 0.15) is 28.2 Å². The van der Waals surface area contributed by atoms with Crippen LogP contribution >= 0.6 is 0 Å². The molecule has 1 atom stereocenters. The van der Waals surface area contributed by atoms with Crippen molar-refractivity contribution in [3.05, 3.63) is 119 Å². The highest BCUT2D eigenvalue weighted by molar-refractivity contribution is 5.47. The van der Waals surface area contributed by atoms with E-state index >= 15 is 0 Å². The van der Waals surface area contributed by atoms with Gasteiger partial charge >= 0.3 is 13.2 Å². The fourth-order valence-corrected chi connectivity index (χ4v) is 3.79. The molecule has 38 heavy (non-hydrogen) atoms. The molecular weight excluding hydrogens is 511 g/mol. The normalized spacial score (nSPS) is 12.0. The molecule has 4 aromatic rings. The van der Waals surface area contributed by atoms with Gasteiger partial charge in [-0.1, -0.05) is 24.3 Å². The molecule has 4 rings (SSSR count). The van der Waals surface area contributed by atoms with E-state index in [9.17, 15) is 27.2 Å². The number of nitrogens with zero attached hydrogens (tertiary/aromatic N) is 2. The lowest BCUT2D eigenvalue weighted by molar-refractivity contribution is -0.605. The van der Waals surface area contributed by atoms with Gasteiger partial charge in [-0.3, -0.25) is 0 Å². The van der Waals surface area contributed by atoms with Gasteiger partial charge < -0.3 is 19.4 Å². The summed E-state index contributed by atoms with van der Waals surface area (Å²) in [5, 5.41) is 11.4. The summed E-state index contributed by atoms with van der Waals surface area (Å²) in [5.74, 6) is -1.62. The molecule has 2 aromatic carbocycles. The van der Waals surface area contributed by atoms with Gasteiger partial charge in [-0.25, -0.2) is 9.37 Å². The van der Waals surface area contributed by atoms with Crippen LogP contribution in [0.3, 0.4) is 0 Å². The number of alkyl halides is 4. The summed E-state index contributed by atoms with van der Waals surface area (Å²) in [6, 6.07) is 16.2. The van der Waals surface area contributed by atoms with Crippen LogP contribution in [0.15, 0.2) is 85.3 Å². The Morgan fingerprint density at radius 3 is 2.05 bits per heavy atom. The van der Waals surface area contributed by atoms with Gasteiger partial charge in [-0.05, 0) is 52.9 Å². The lowest BCUT2D eigenvalue weighted by atomic mass is 9.87. The average Bonchev–Trinajstić information content (AvgIpc) is 2.89. The van der Waals surface area contributed by atoms with E-state index in [0.29, 0.717) is 28.2 Å². The second kappa shape index (κ2) is 12.2. The van der Waals surface area contributed by atoms with Crippen molar-refractivity contribution in [1.82, 2.24) is 4.98 Å². The monoisotopic (exact) mass is 532 g/mol. The Bertz CT molecular complexity index is 1320. The van der Waals surface area contributed by atoms with Crippen molar-refractivity contribution in [2.24, 2.45) is 0 Å². The van der Waals surface area contributed by atoms with Crippen LogP contribution in [0.4, 0.5) is 22.0 Å². The second-order valence-electron chi connectivity index (χ2n) is 8.13. The van der Waals surface area contributed by atoms with Gasteiger partial charge in [0.15, 0.2) is 23.9 Å². The van der Waals surface area contributed by atoms with Crippen molar-refractivity contribution >= 4 is 0 Å². The van der Waals surface area contributed by atoms with Crippen LogP contribution < -0.4 is 18.9 Å². The lowest BCUT2D eigenvalue weighted by Gasteiger charge is -2.20. The van der Waals surface area contributed by atoms with Crippen molar-refractivity contribution in [3.63, 3.8) is 0 Å². The van der Waals surface area contributed by atoms with Crippen molar-refractivity contribution in [2.75, 3.05) is 0 Å². The zero-order chi connectivity index (χ0) is 27.1. The summed E-state index contributed by atoms with van der Waals surface area (Å²) in [6.07, 6.45) is 4.50. The molecule has 2 heterocycles. The second-order valence-corrected chi connectivity index (χ2v) is 8.13. The van der Waals surface area contributed by atoms with Gasteiger partial charge in [0.1, 0.15) is 12.4 Å². The number of ether oxygens (including phenoxy) is 3. The number of hydrogen-bond acceptors (Lipinski definition) is 5. The van der Waals surface area contributed by atoms with Crippen LogP contribution in [0.2, 0.25) is 0 Å². The first-order chi connectivity index (χ1) is 18.3. The number of aromatic nitrogens is 2. The van der Waals surface area contributed by atoms with Crippen LogP contribution in [0, 0.1) is 11.0 Å². The van der Waals surface area contributed by atoms with Gasteiger partial charge in [0.25, 0.3) is 0 Å². The third-order valence-corrected chi connectivity index (χ3v) is 5.57. The van der Waals surface area contributed by atoms with E-state index in [-0.39, 0.29) is 12.4 Å². The minimum Gasteiger partial charge on any atom is -0.619 e. The maximum absolute atomic E-state index is 13.1. The van der Waals surface area contributed by atoms with Crippen molar-refractivity contribution in [2.45, 2.75) is 32.2 Å². The molecule has 0 radical (unpaired) electrons. The topological polar surface area (TPSA) is 67.5 Å². The molecule has 1 unspecified atom stereocenters. The van der Waals surface area contributed by atoms with Gasteiger partial charge in [0.05, 0.1) is 0 Å². The van der Waals surface area contributed by atoms with Crippen LogP contribution in [0.25, 0.3) is 0 Å². The van der Waals surface area contributed by atoms with Gasteiger partial charge in [-0.2, -0.15) is 22.3 Å². The minimum absolute atomic E-state index is 0.162. The Morgan fingerprint density at radius 1 is 0.763 bits per heavy atom. The fourth-order valence-electron chi connectivity index (χ4n) is 3.79. The maximum Gasteiger partial charge on any atom is 0.387 e. The minimum atomic E-state index is -3.26. The Kier molecular flexibility index (Phi) is 8.57. The molecule has 0 fully saturated rings. The molecule has 0 spiro atoms. The Balaban J connectivity index is 1.62. The van der Waals surface area contributed by atoms with Crippen molar-refractivity contribution < 1.29 is 40.9 Å².